The molecule has 1 aromatic carbocycles. The summed E-state index contributed by atoms with van der Waals surface area (Å²) in [4.78, 5) is 5.32. The predicted molar refractivity (Wildman–Crippen MR) is 91.4 cm³/mol. The second-order valence-electron chi connectivity index (χ2n) is 6.11. The third kappa shape index (κ3) is 3.43. The van der Waals surface area contributed by atoms with Gasteiger partial charge >= 0.3 is 0 Å². The van der Waals surface area contributed by atoms with E-state index in [2.05, 4.69) is 16.7 Å². The van der Waals surface area contributed by atoms with Crippen molar-refractivity contribution in [2.45, 2.75) is 51.5 Å². The van der Waals surface area contributed by atoms with Crippen LogP contribution in [-0.4, -0.2) is 14.5 Å². The van der Waals surface area contributed by atoms with Gasteiger partial charge in [0.1, 0.15) is 5.82 Å². The maximum atomic E-state index is 5.77. The van der Waals surface area contributed by atoms with Gasteiger partial charge in [-0.3, -0.25) is 0 Å². The van der Waals surface area contributed by atoms with Gasteiger partial charge in [-0.1, -0.05) is 56.5 Å². The molecule has 3 nitrogen and oxygen atoms in total. The highest BCUT2D eigenvalue weighted by Gasteiger charge is 2.16. The van der Waals surface area contributed by atoms with Crippen LogP contribution in [0.1, 0.15) is 44.3 Å². The first-order chi connectivity index (χ1) is 10.2. The molecule has 0 amide bonds. The average Bonchev–Trinajstić information content (AvgIpc) is 2.84. The van der Waals surface area contributed by atoms with Gasteiger partial charge in [-0.05, 0) is 24.5 Å². The molecule has 0 bridgehead atoms. The summed E-state index contributed by atoms with van der Waals surface area (Å²) < 4.78 is 2.19. The number of aromatic nitrogens is 2. The lowest BCUT2D eigenvalue weighted by Crippen LogP contribution is -2.19. The van der Waals surface area contributed by atoms with Gasteiger partial charge in [-0.2, -0.15) is 0 Å². The zero-order chi connectivity index (χ0) is 14.7. The summed E-state index contributed by atoms with van der Waals surface area (Å²) in [7, 11) is 0. The highest BCUT2D eigenvalue weighted by Crippen LogP contribution is 2.28. The molecule has 2 N–H and O–H groups in total. The Labute approximate surface area is 131 Å². The first-order valence-corrected chi connectivity index (χ1v) is 8.37. The maximum absolute atomic E-state index is 5.77. The van der Waals surface area contributed by atoms with Crippen molar-refractivity contribution in [1.29, 1.82) is 0 Å². The normalized spacial score (nSPS) is 16.4. The number of hydrogen-bond acceptors (Lipinski definition) is 2. The van der Waals surface area contributed by atoms with Crippen molar-refractivity contribution in [2.24, 2.45) is 11.7 Å². The minimum atomic E-state index is 0.525. The van der Waals surface area contributed by atoms with Gasteiger partial charge in [0.25, 0.3) is 0 Å². The molecule has 0 atom stereocenters. The van der Waals surface area contributed by atoms with Crippen molar-refractivity contribution in [3.8, 4) is 0 Å². The Morgan fingerprint density at radius 1 is 1.24 bits per heavy atom. The van der Waals surface area contributed by atoms with E-state index in [4.69, 9.17) is 22.9 Å². The Balaban J connectivity index is 1.80. The van der Waals surface area contributed by atoms with Gasteiger partial charge < -0.3 is 10.3 Å². The van der Waals surface area contributed by atoms with Crippen LogP contribution in [0, 0.1) is 5.92 Å². The molecule has 1 saturated carbocycles. The maximum Gasteiger partial charge on any atom is 0.110 e. The molecule has 3 rings (SSSR count). The van der Waals surface area contributed by atoms with Crippen molar-refractivity contribution in [3.05, 3.63) is 30.1 Å². The van der Waals surface area contributed by atoms with E-state index in [1.807, 2.05) is 12.1 Å². The third-order valence-corrected chi connectivity index (χ3v) is 4.68. The molecule has 4 heteroatoms. The molecular formula is C17H23N3S. The number of rotatable bonds is 5. The first kappa shape index (κ1) is 14.5. The van der Waals surface area contributed by atoms with Gasteiger partial charge in [0.2, 0.25) is 0 Å². The van der Waals surface area contributed by atoms with Crippen LogP contribution >= 0.6 is 12.2 Å². The van der Waals surface area contributed by atoms with E-state index in [0.29, 0.717) is 11.5 Å². The Morgan fingerprint density at radius 3 is 2.76 bits per heavy atom. The van der Waals surface area contributed by atoms with Gasteiger partial charge in [-0.25, -0.2) is 4.98 Å². The fourth-order valence-corrected chi connectivity index (χ4v) is 3.59. The second kappa shape index (κ2) is 6.56. The molecule has 1 fully saturated rings. The molecule has 0 radical (unpaired) electrons. The molecule has 1 aliphatic rings. The number of aryl methyl sites for hydroxylation is 1. The quantitative estimate of drug-likeness (QED) is 0.853. The summed E-state index contributed by atoms with van der Waals surface area (Å²) in [5.74, 6) is 2.01. The summed E-state index contributed by atoms with van der Waals surface area (Å²) >= 11 is 5.10. The first-order valence-electron chi connectivity index (χ1n) is 7.96. The van der Waals surface area contributed by atoms with Crippen LogP contribution in [0.3, 0.4) is 0 Å². The number of nitrogens with two attached hydrogens (primary N) is 1. The molecular weight excluding hydrogens is 278 g/mol. The smallest absolute Gasteiger partial charge is 0.110 e. The highest BCUT2D eigenvalue weighted by atomic mass is 32.1. The lowest BCUT2D eigenvalue weighted by molar-refractivity contribution is 0.336. The molecule has 0 unspecified atom stereocenters. The number of nitrogens with zero attached hydrogens (tertiary/aromatic N) is 2. The number of fused-ring (bicyclic) bond motifs is 1. The molecule has 0 spiro atoms. The van der Waals surface area contributed by atoms with E-state index >= 15 is 0 Å². The molecule has 21 heavy (non-hydrogen) atoms. The van der Waals surface area contributed by atoms with Crippen molar-refractivity contribution in [2.75, 3.05) is 0 Å². The standard InChI is InChI=1S/C17H23N3S/c18-16(21)12-20-15-9-5-4-8-14(15)19-17(20)11-10-13-6-2-1-3-7-13/h4-5,8-9,13H,1-3,6-7,10-12H2,(H2,18,21). The zero-order valence-electron chi connectivity index (χ0n) is 12.4. The van der Waals surface area contributed by atoms with E-state index in [0.717, 1.165) is 29.2 Å². The number of para-hydroxylation sites is 2. The van der Waals surface area contributed by atoms with Crippen LogP contribution in [0.5, 0.6) is 0 Å². The molecule has 1 aromatic heterocycles. The summed E-state index contributed by atoms with van der Waals surface area (Å²) in [5.41, 5.74) is 7.96. The third-order valence-electron chi connectivity index (χ3n) is 4.55. The molecule has 1 heterocycles. The monoisotopic (exact) mass is 301 g/mol. The summed E-state index contributed by atoms with van der Waals surface area (Å²) in [5, 5.41) is 0. The zero-order valence-corrected chi connectivity index (χ0v) is 13.2. The minimum Gasteiger partial charge on any atom is -0.392 e. The number of thiocarbonyl (C=S) groups is 1. The van der Waals surface area contributed by atoms with Crippen LogP contribution in [0.15, 0.2) is 24.3 Å². The lowest BCUT2D eigenvalue weighted by atomic mass is 9.86. The van der Waals surface area contributed by atoms with Crippen LogP contribution < -0.4 is 5.73 Å². The van der Waals surface area contributed by atoms with Gasteiger partial charge in [-0.15, -0.1) is 0 Å². The van der Waals surface area contributed by atoms with E-state index in [1.54, 1.807) is 0 Å². The SMILES string of the molecule is NC(=S)Cn1c(CCC2CCCCC2)nc2ccccc21. The van der Waals surface area contributed by atoms with E-state index in [-0.39, 0.29) is 0 Å². The van der Waals surface area contributed by atoms with Gasteiger partial charge in [0.05, 0.1) is 22.6 Å². The predicted octanol–water partition coefficient (Wildman–Crippen LogP) is 3.84. The van der Waals surface area contributed by atoms with Gasteiger partial charge in [0.15, 0.2) is 0 Å². The van der Waals surface area contributed by atoms with E-state index < -0.39 is 0 Å². The van der Waals surface area contributed by atoms with Crippen molar-refractivity contribution >= 4 is 28.2 Å². The van der Waals surface area contributed by atoms with Crippen molar-refractivity contribution in [3.63, 3.8) is 0 Å². The average molecular weight is 301 g/mol. The Morgan fingerprint density at radius 2 is 2.00 bits per heavy atom. The highest BCUT2D eigenvalue weighted by molar-refractivity contribution is 7.80. The summed E-state index contributed by atoms with van der Waals surface area (Å²) in [6, 6.07) is 8.25. The molecule has 1 aliphatic carbocycles. The van der Waals surface area contributed by atoms with Crippen LogP contribution in [0.25, 0.3) is 11.0 Å². The fourth-order valence-electron chi connectivity index (χ4n) is 3.46. The van der Waals surface area contributed by atoms with E-state index in [9.17, 15) is 0 Å². The minimum absolute atomic E-state index is 0.525. The topological polar surface area (TPSA) is 43.8 Å². The largest absolute Gasteiger partial charge is 0.392 e. The summed E-state index contributed by atoms with van der Waals surface area (Å²) in [6.07, 6.45) is 9.24. The lowest BCUT2D eigenvalue weighted by Gasteiger charge is -2.21. The van der Waals surface area contributed by atoms with Crippen molar-refractivity contribution < 1.29 is 0 Å². The Hall–Kier alpha value is -1.42. The number of hydrogen-bond donors (Lipinski definition) is 1. The molecule has 2 aromatic rings. The Bertz CT molecular complexity index is 626. The molecule has 0 aliphatic heterocycles. The van der Waals surface area contributed by atoms with Crippen LogP contribution in [-0.2, 0) is 13.0 Å². The second-order valence-corrected chi connectivity index (χ2v) is 6.64. The number of benzene rings is 1. The van der Waals surface area contributed by atoms with Crippen molar-refractivity contribution in [1.82, 2.24) is 9.55 Å². The molecule has 0 saturated heterocycles. The van der Waals surface area contributed by atoms with E-state index in [1.165, 1.54) is 38.5 Å². The fraction of sp³-hybridized carbons (Fsp3) is 0.529. The molecule has 112 valence electrons. The van der Waals surface area contributed by atoms with Gasteiger partial charge in [0, 0.05) is 6.42 Å². The van der Waals surface area contributed by atoms with Crippen LogP contribution in [0.2, 0.25) is 0 Å². The summed E-state index contributed by atoms with van der Waals surface area (Å²) in [6.45, 7) is 0.593. The number of imidazole rings is 1. The Kier molecular flexibility index (Phi) is 4.54. The van der Waals surface area contributed by atoms with Crippen LogP contribution in [0.4, 0.5) is 0 Å².